The Hall–Kier alpha value is -2.29. The minimum Gasteiger partial charge on any atom is -0.493 e. The minimum atomic E-state index is -0.602. The molecule has 2 aromatic rings. The Morgan fingerprint density at radius 3 is 2.84 bits per heavy atom. The zero-order chi connectivity index (χ0) is 18.2. The number of hydrogen-bond acceptors (Lipinski definition) is 6. The number of halogens is 1. The largest absolute Gasteiger partial charge is 0.493 e. The number of aromatic amines is 1. The van der Waals surface area contributed by atoms with Gasteiger partial charge in [0.15, 0.2) is 18.1 Å². The topological polar surface area (TPSA) is 114 Å². The van der Waals surface area contributed by atoms with Crippen molar-refractivity contribution in [2.24, 2.45) is 5.73 Å². The second-order valence-electron chi connectivity index (χ2n) is 5.33. The third-order valence-electron chi connectivity index (χ3n) is 3.40. The first kappa shape index (κ1) is 19.0. The summed E-state index contributed by atoms with van der Waals surface area (Å²) in [6.07, 6.45) is 3.43. The zero-order valence-corrected chi connectivity index (χ0v) is 14.6. The molecule has 9 heteroatoms. The first-order valence-electron chi connectivity index (χ1n) is 7.62. The van der Waals surface area contributed by atoms with Crippen LogP contribution in [0.4, 0.5) is 0 Å². The van der Waals surface area contributed by atoms with Crippen LogP contribution in [-0.4, -0.2) is 52.7 Å². The molecule has 1 amide bonds. The molecule has 0 saturated heterocycles. The number of ether oxygens (including phenoxy) is 2. The highest BCUT2D eigenvalue weighted by Gasteiger charge is 2.15. The van der Waals surface area contributed by atoms with Gasteiger partial charge in [-0.3, -0.25) is 9.69 Å². The maximum absolute atomic E-state index is 10.9. The number of nitrogens with two attached hydrogens (primary N) is 1. The first-order valence-corrected chi connectivity index (χ1v) is 8.00. The molecule has 0 aliphatic rings. The Bertz CT molecular complexity index is 694. The number of methoxy groups -OCH3 is 1. The van der Waals surface area contributed by atoms with Crippen molar-refractivity contribution in [3.8, 4) is 11.5 Å². The van der Waals surface area contributed by atoms with E-state index in [0.29, 0.717) is 30.4 Å². The van der Waals surface area contributed by atoms with E-state index >= 15 is 0 Å². The predicted octanol–water partition coefficient (Wildman–Crippen LogP) is 0.930. The van der Waals surface area contributed by atoms with E-state index in [4.69, 9.17) is 26.8 Å². The smallest absolute Gasteiger partial charge is 0.255 e. The summed E-state index contributed by atoms with van der Waals surface area (Å²) in [5.74, 6) is 0.875. The van der Waals surface area contributed by atoms with E-state index in [0.717, 1.165) is 11.4 Å². The van der Waals surface area contributed by atoms with Gasteiger partial charge in [-0.1, -0.05) is 11.6 Å². The van der Waals surface area contributed by atoms with Crippen LogP contribution < -0.4 is 15.2 Å². The first-order chi connectivity index (χ1) is 12.0. The number of hydrogen-bond donors (Lipinski definition) is 3. The van der Waals surface area contributed by atoms with Gasteiger partial charge in [0.05, 0.1) is 25.3 Å². The van der Waals surface area contributed by atoms with Gasteiger partial charge in [0.1, 0.15) is 5.82 Å². The van der Waals surface area contributed by atoms with Crippen LogP contribution >= 0.6 is 11.6 Å². The van der Waals surface area contributed by atoms with E-state index in [1.165, 1.54) is 7.11 Å². The van der Waals surface area contributed by atoms with Crippen LogP contribution in [0.1, 0.15) is 11.4 Å². The number of carbonyl (C=O) groups excluding carboxylic acids is 1. The minimum absolute atomic E-state index is 0.0192. The number of nitrogens with zero attached hydrogens (tertiary/aromatic N) is 2. The molecular weight excluding hydrogens is 348 g/mol. The summed E-state index contributed by atoms with van der Waals surface area (Å²) in [6.45, 7) is 1.28. The molecule has 0 bridgehead atoms. The lowest BCUT2D eigenvalue weighted by atomic mass is 10.2. The third kappa shape index (κ3) is 5.63. The fraction of sp³-hybridized carbons (Fsp3) is 0.375. The van der Waals surface area contributed by atoms with Gasteiger partial charge >= 0.3 is 0 Å². The maximum atomic E-state index is 10.9. The number of rotatable bonds is 10. The highest BCUT2D eigenvalue weighted by atomic mass is 35.5. The summed E-state index contributed by atoms with van der Waals surface area (Å²) in [5, 5.41) is 9.60. The van der Waals surface area contributed by atoms with E-state index in [2.05, 4.69) is 9.97 Å². The Kier molecular flexibility index (Phi) is 7.05. The summed E-state index contributed by atoms with van der Waals surface area (Å²) >= 11 is 6.26. The highest BCUT2D eigenvalue weighted by Crippen LogP contribution is 2.36. The van der Waals surface area contributed by atoms with Gasteiger partial charge in [-0.2, -0.15) is 0 Å². The number of aliphatic hydroxyl groups is 1. The second kappa shape index (κ2) is 9.26. The predicted molar refractivity (Wildman–Crippen MR) is 92.5 cm³/mol. The van der Waals surface area contributed by atoms with E-state index in [-0.39, 0.29) is 19.0 Å². The van der Waals surface area contributed by atoms with Gasteiger partial charge in [0.2, 0.25) is 0 Å². The summed E-state index contributed by atoms with van der Waals surface area (Å²) in [7, 11) is 1.49. The number of primary amides is 1. The van der Waals surface area contributed by atoms with E-state index < -0.39 is 5.91 Å². The molecule has 0 spiro atoms. The normalized spacial score (nSPS) is 10.9. The molecule has 0 atom stereocenters. The molecule has 25 heavy (non-hydrogen) atoms. The fourth-order valence-corrected chi connectivity index (χ4v) is 2.65. The fourth-order valence-electron chi connectivity index (χ4n) is 2.36. The number of amides is 1. The van der Waals surface area contributed by atoms with Crippen molar-refractivity contribution in [3.63, 3.8) is 0 Å². The number of benzene rings is 1. The van der Waals surface area contributed by atoms with Crippen molar-refractivity contribution in [2.45, 2.75) is 13.1 Å². The molecule has 8 nitrogen and oxygen atoms in total. The summed E-state index contributed by atoms with van der Waals surface area (Å²) in [6, 6.07) is 3.50. The molecule has 0 aliphatic heterocycles. The molecule has 1 heterocycles. The van der Waals surface area contributed by atoms with Crippen molar-refractivity contribution in [3.05, 3.63) is 40.9 Å². The third-order valence-corrected chi connectivity index (χ3v) is 3.68. The SMILES string of the molecule is COc1cc(CN(CCO)Cc2ncc[nH]2)cc(Cl)c1OCC(N)=O. The summed E-state index contributed by atoms with van der Waals surface area (Å²) in [4.78, 5) is 20.1. The van der Waals surface area contributed by atoms with Crippen LogP contribution in [0, 0.1) is 0 Å². The van der Waals surface area contributed by atoms with E-state index in [9.17, 15) is 9.90 Å². The molecule has 0 unspecified atom stereocenters. The monoisotopic (exact) mass is 368 g/mol. The van der Waals surface area contributed by atoms with Crippen molar-refractivity contribution >= 4 is 17.5 Å². The van der Waals surface area contributed by atoms with Crippen LogP contribution in [0.3, 0.4) is 0 Å². The van der Waals surface area contributed by atoms with Crippen molar-refractivity contribution in [1.82, 2.24) is 14.9 Å². The molecule has 4 N–H and O–H groups in total. The Balaban J connectivity index is 2.16. The van der Waals surface area contributed by atoms with Crippen LogP contribution in [0.25, 0.3) is 0 Å². The quantitative estimate of drug-likeness (QED) is 0.575. The van der Waals surface area contributed by atoms with Gasteiger partial charge in [0, 0.05) is 25.5 Å². The molecule has 0 saturated carbocycles. The molecule has 0 fully saturated rings. The average Bonchev–Trinajstić information content (AvgIpc) is 3.06. The molecule has 1 aromatic carbocycles. The number of H-pyrrole nitrogens is 1. The van der Waals surface area contributed by atoms with Gasteiger partial charge < -0.3 is 25.3 Å². The Morgan fingerprint density at radius 1 is 1.44 bits per heavy atom. The summed E-state index contributed by atoms with van der Waals surface area (Å²) < 4.78 is 10.6. The van der Waals surface area contributed by atoms with E-state index in [1.54, 1.807) is 24.5 Å². The zero-order valence-electron chi connectivity index (χ0n) is 13.9. The number of nitrogens with one attached hydrogen (secondary N) is 1. The number of aliphatic hydroxyl groups excluding tert-OH is 1. The lowest BCUT2D eigenvalue weighted by Gasteiger charge is -2.21. The number of imidazole rings is 1. The van der Waals surface area contributed by atoms with Gasteiger partial charge in [0.25, 0.3) is 5.91 Å². The van der Waals surface area contributed by atoms with Gasteiger partial charge in [-0.25, -0.2) is 4.98 Å². The molecule has 2 rings (SSSR count). The number of carbonyl (C=O) groups is 1. The molecule has 0 radical (unpaired) electrons. The van der Waals surface area contributed by atoms with Crippen molar-refractivity contribution in [1.29, 1.82) is 0 Å². The number of aromatic nitrogens is 2. The maximum Gasteiger partial charge on any atom is 0.255 e. The van der Waals surface area contributed by atoms with Crippen molar-refractivity contribution < 1.29 is 19.4 Å². The standard InChI is InChI=1S/C16H21ClN4O4/c1-24-13-7-11(6-12(17)16(13)25-10-14(18)23)8-21(4-5-22)9-15-19-2-3-20-15/h2-3,6-7,22H,4-5,8-10H2,1H3,(H2,18,23)(H,19,20). The van der Waals surface area contributed by atoms with Crippen LogP contribution in [0.2, 0.25) is 5.02 Å². The Labute approximate surface area is 150 Å². The summed E-state index contributed by atoms with van der Waals surface area (Å²) in [5.41, 5.74) is 5.96. The lowest BCUT2D eigenvalue weighted by molar-refractivity contribution is -0.119. The highest BCUT2D eigenvalue weighted by molar-refractivity contribution is 6.32. The molecule has 0 aliphatic carbocycles. The van der Waals surface area contributed by atoms with Crippen LogP contribution in [0.15, 0.2) is 24.5 Å². The van der Waals surface area contributed by atoms with Crippen LogP contribution in [-0.2, 0) is 17.9 Å². The van der Waals surface area contributed by atoms with Crippen molar-refractivity contribution in [2.75, 3.05) is 26.9 Å². The Morgan fingerprint density at radius 2 is 2.24 bits per heavy atom. The van der Waals surface area contributed by atoms with Gasteiger partial charge in [-0.05, 0) is 17.7 Å². The van der Waals surface area contributed by atoms with Crippen LogP contribution in [0.5, 0.6) is 11.5 Å². The lowest BCUT2D eigenvalue weighted by Crippen LogP contribution is -2.26. The van der Waals surface area contributed by atoms with E-state index in [1.807, 2.05) is 4.90 Å². The van der Waals surface area contributed by atoms with Gasteiger partial charge in [-0.15, -0.1) is 0 Å². The average molecular weight is 369 g/mol. The second-order valence-corrected chi connectivity index (χ2v) is 5.74. The molecule has 136 valence electrons. The molecular formula is C16H21ClN4O4. The molecule has 1 aromatic heterocycles.